The van der Waals surface area contributed by atoms with E-state index >= 15 is 0 Å². The highest BCUT2D eigenvalue weighted by atomic mass is 16.4. The Bertz CT molecular complexity index is 495. The van der Waals surface area contributed by atoms with Gasteiger partial charge >= 0.3 is 5.76 Å². The van der Waals surface area contributed by atoms with Crippen molar-refractivity contribution in [2.45, 2.75) is 6.54 Å². The molecule has 1 heterocycles. The summed E-state index contributed by atoms with van der Waals surface area (Å²) in [6, 6.07) is 6.94. The summed E-state index contributed by atoms with van der Waals surface area (Å²) >= 11 is 0. The molecule has 0 aliphatic heterocycles. The van der Waals surface area contributed by atoms with Gasteiger partial charge in [0.05, 0.1) is 12.1 Å². The fraction of sp³-hybridized carbons (Fsp3) is 0.111. The molecule has 4 nitrogen and oxygen atoms in total. The first-order valence-corrected chi connectivity index (χ1v) is 3.76. The van der Waals surface area contributed by atoms with Gasteiger partial charge in [-0.15, -0.1) is 0 Å². The standard InChI is InChI=1S/C9H6NO3/c11-6-5-10-7-3-1-2-4-8(7)13-9(10)12/h1-4H,5H2. The zero-order chi connectivity index (χ0) is 9.26. The van der Waals surface area contributed by atoms with Gasteiger partial charge in [-0.1, -0.05) is 12.1 Å². The minimum atomic E-state index is -0.524. The third-order valence-electron chi connectivity index (χ3n) is 1.80. The van der Waals surface area contributed by atoms with Gasteiger partial charge < -0.3 is 4.42 Å². The quantitative estimate of drug-likeness (QED) is 0.676. The highest BCUT2D eigenvalue weighted by molar-refractivity contribution is 5.73. The van der Waals surface area contributed by atoms with Crippen LogP contribution in [0.5, 0.6) is 0 Å². The maximum Gasteiger partial charge on any atom is 0.420 e. The third kappa shape index (κ3) is 1.16. The summed E-state index contributed by atoms with van der Waals surface area (Å²) in [7, 11) is 0. The maximum atomic E-state index is 11.1. The number of carbonyl (C=O) groups excluding carboxylic acids is 1. The zero-order valence-electron chi connectivity index (χ0n) is 6.69. The van der Waals surface area contributed by atoms with Gasteiger partial charge in [-0.2, -0.15) is 0 Å². The van der Waals surface area contributed by atoms with Gasteiger partial charge in [0.1, 0.15) is 0 Å². The van der Waals surface area contributed by atoms with Gasteiger partial charge in [0.25, 0.3) is 0 Å². The van der Waals surface area contributed by atoms with Crippen LogP contribution < -0.4 is 5.76 Å². The molecule has 1 aromatic carbocycles. The molecular weight excluding hydrogens is 170 g/mol. The van der Waals surface area contributed by atoms with E-state index in [1.165, 1.54) is 4.57 Å². The molecule has 0 fully saturated rings. The average Bonchev–Trinajstić information content (AvgIpc) is 2.44. The molecule has 0 aliphatic rings. The fourth-order valence-corrected chi connectivity index (χ4v) is 1.23. The lowest BCUT2D eigenvalue weighted by atomic mass is 10.3. The molecular formula is C9H6NO3. The highest BCUT2D eigenvalue weighted by Crippen LogP contribution is 2.10. The van der Waals surface area contributed by atoms with Crippen molar-refractivity contribution in [1.29, 1.82) is 0 Å². The van der Waals surface area contributed by atoms with Crippen LogP contribution in [0.1, 0.15) is 0 Å². The fourth-order valence-electron chi connectivity index (χ4n) is 1.23. The Kier molecular flexibility index (Phi) is 1.73. The Morgan fingerprint density at radius 2 is 2.15 bits per heavy atom. The summed E-state index contributed by atoms with van der Waals surface area (Å²) in [6.07, 6.45) is 1.66. The predicted octanol–water partition coefficient (Wildman–Crippen LogP) is 0.704. The first kappa shape index (κ1) is 7.79. The van der Waals surface area contributed by atoms with E-state index < -0.39 is 5.76 Å². The van der Waals surface area contributed by atoms with Crippen molar-refractivity contribution in [3.05, 3.63) is 34.8 Å². The summed E-state index contributed by atoms with van der Waals surface area (Å²) in [5.74, 6) is -0.524. The van der Waals surface area contributed by atoms with Crippen molar-refractivity contribution in [3.8, 4) is 0 Å². The highest BCUT2D eigenvalue weighted by Gasteiger charge is 2.06. The van der Waals surface area contributed by atoms with Crippen molar-refractivity contribution in [3.63, 3.8) is 0 Å². The molecule has 1 aromatic heterocycles. The molecule has 0 atom stereocenters. The number of benzene rings is 1. The second-order valence-electron chi connectivity index (χ2n) is 2.57. The third-order valence-corrected chi connectivity index (χ3v) is 1.80. The van der Waals surface area contributed by atoms with Crippen molar-refractivity contribution >= 4 is 17.4 Å². The molecule has 0 amide bonds. The molecule has 1 radical (unpaired) electrons. The Morgan fingerprint density at radius 1 is 1.38 bits per heavy atom. The molecule has 0 saturated carbocycles. The van der Waals surface area contributed by atoms with Gasteiger partial charge in [-0.05, 0) is 12.1 Å². The van der Waals surface area contributed by atoms with Crippen LogP contribution in [0.2, 0.25) is 0 Å². The van der Waals surface area contributed by atoms with Crippen molar-refractivity contribution in [2.75, 3.05) is 0 Å². The van der Waals surface area contributed by atoms with E-state index in [9.17, 15) is 9.59 Å². The van der Waals surface area contributed by atoms with Crippen LogP contribution in [-0.2, 0) is 11.3 Å². The first-order valence-electron chi connectivity index (χ1n) is 3.76. The Hall–Kier alpha value is -1.84. The largest absolute Gasteiger partial charge is 0.420 e. The van der Waals surface area contributed by atoms with Crippen LogP contribution in [0.4, 0.5) is 0 Å². The number of fused-ring (bicyclic) bond motifs is 1. The van der Waals surface area contributed by atoms with Crippen LogP contribution in [0.25, 0.3) is 11.1 Å². The first-order chi connectivity index (χ1) is 6.33. The number of oxazole rings is 1. The molecule has 2 rings (SSSR count). The lowest BCUT2D eigenvalue weighted by Gasteiger charge is -1.91. The van der Waals surface area contributed by atoms with Crippen molar-refractivity contribution in [1.82, 2.24) is 4.57 Å². The van der Waals surface area contributed by atoms with E-state index in [2.05, 4.69) is 0 Å². The summed E-state index contributed by atoms with van der Waals surface area (Å²) in [5.41, 5.74) is 1.11. The zero-order valence-corrected chi connectivity index (χ0v) is 6.69. The molecule has 0 N–H and O–H groups in total. The van der Waals surface area contributed by atoms with Gasteiger partial charge in [0, 0.05) is 0 Å². The molecule has 2 aromatic rings. The Labute approximate surface area is 73.4 Å². The number of hydrogen-bond acceptors (Lipinski definition) is 3. The second kappa shape index (κ2) is 2.90. The minimum absolute atomic E-state index is 0.0875. The Morgan fingerprint density at radius 3 is 2.92 bits per heavy atom. The van der Waals surface area contributed by atoms with Gasteiger partial charge in [0.2, 0.25) is 6.29 Å². The van der Waals surface area contributed by atoms with E-state index in [0.29, 0.717) is 11.1 Å². The lowest BCUT2D eigenvalue weighted by molar-refractivity contribution is 0.508. The SMILES string of the molecule is O=[C]Cn1c(=O)oc2ccccc21. The molecule has 0 spiro atoms. The molecule has 0 bridgehead atoms. The molecule has 13 heavy (non-hydrogen) atoms. The molecule has 0 aliphatic carbocycles. The van der Waals surface area contributed by atoms with E-state index in [0.717, 1.165) is 0 Å². The molecule has 65 valence electrons. The number of hydrogen-bond donors (Lipinski definition) is 0. The number of aromatic nitrogens is 1. The smallest absolute Gasteiger partial charge is 0.408 e. The normalized spacial score (nSPS) is 10.5. The summed E-state index contributed by atoms with van der Waals surface area (Å²) in [4.78, 5) is 21.3. The van der Waals surface area contributed by atoms with Gasteiger partial charge in [-0.25, -0.2) is 4.79 Å². The van der Waals surface area contributed by atoms with Crippen LogP contribution in [0, 0.1) is 0 Å². The number of rotatable bonds is 2. The van der Waals surface area contributed by atoms with Gasteiger partial charge in [0.15, 0.2) is 5.58 Å². The van der Waals surface area contributed by atoms with Crippen LogP contribution in [0.3, 0.4) is 0 Å². The molecule has 4 heteroatoms. The minimum Gasteiger partial charge on any atom is -0.408 e. The number of para-hydroxylation sites is 2. The number of nitrogens with zero attached hydrogens (tertiary/aromatic N) is 1. The maximum absolute atomic E-state index is 11.1. The molecule has 0 saturated heterocycles. The van der Waals surface area contributed by atoms with Crippen molar-refractivity contribution < 1.29 is 9.21 Å². The average molecular weight is 176 g/mol. The molecule has 0 unspecified atom stereocenters. The van der Waals surface area contributed by atoms with E-state index in [4.69, 9.17) is 4.42 Å². The summed E-state index contributed by atoms with van der Waals surface area (Å²) in [5, 5.41) is 0. The lowest BCUT2D eigenvalue weighted by Crippen LogP contribution is -2.14. The summed E-state index contributed by atoms with van der Waals surface area (Å²) in [6.45, 7) is -0.0875. The second-order valence-corrected chi connectivity index (χ2v) is 2.57. The Balaban J connectivity index is 2.78. The van der Waals surface area contributed by atoms with Gasteiger partial charge in [-0.3, -0.25) is 9.36 Å². The van der Waals surface area contributed by atoms with Crippen LogP contribution in [0.15, 0.2) is 33.5 Å². The topological polar surface area (TPSA) is 52.2 Å². The monoisotopic (exact) mass is 176 g/mol. The van der Waals surface area contributed by atoms with Crippen LogP contribution in [-0.4, -0.2) is 10.9 Å². The van der Waals surface area contributed by atoms with E-state index in [-0.39, 0.29) is 6.54 Å². The van der Waals surface area contributed by atoms with E-state index in [1.54, 1.807) is 30.6 Å². The summed E-state index contributed by atoms with van der Waals surface area (Å²) < 4.78 is 6.12. The van der Waals surface area contributed by atoms with Crippen molar-refractivity contribution in [2.24, 2.45) is 0 Å². The van der Waals surface area contributed by atoms with Crippen LogP contribution >= 0.6 is 0 Å². The predicted molar refractivity (Wildman–Crippen MR) is 46.2 cm³/mol. The van der Waals surface area contributed by atoms with E-state index in [1.807, 2.05) is 0 Å².